The molecule has 39 heavy (non-hydrogen) atoms. The number of hydrogen-bond donors (Lipinski definition) is 0. The van der Waals surface area contributed by atoms with Gasteiger partial charge in [-0.1, -0.05) is 47.5 Å². The quantitative estimate of drug-likeness (QED) is 0.368. The fourth-order valence-electron chi connectivity index (χ4n) is 5.02. The highest BCUT2D eigenvalue weighted by molar-refractivity contribution is 6.36. The van der Waals surface area contributed by atoms with Gasteiger partial charge in [0.05, 0.1) is 46.8 Å². The molecule has 3 aliphatic rings. The number of amides is 1. The third kappa shape index (κ3) is 5.53. The number of halogens is 2. The summed E-state index contributed by atoms with van der Waals surface area (Å²) in [5, 5.41) is 0.776. The predicted octanol–water partition coefficient (Wildman–Crippen LogP) is 5.45. The molecule has 2 heterocycles. The fraction of sp³-hybridized carbons (Fsp3) is 0.414. The molecule has 0 aromatic heterocycles. The van der Waals surface area contributed by atoms with Gasteiger partial charge in [-0.25, -0.2) is 0 Å². The zero-order valence-electron chi connectivity index (χ0n) is 21.8. The summed E-state index contributed by atoms with van der Waals surface area (Å²) in [6.07, 6.45) is 5.60. The van der Waals surface area contributed by atoms with Gasteiger partial charge in [-0.2, -0.15) is 0 Å². The number of carbonyl (C=O) groups excluding carboxylic acids is 1. The van der Waals surface area contributed by atoms with E-state index < -0.39 is 17.5 Å². The lowest BCUT2D eigenvalue weighted by atomic mass is 9.93. The molecule has 2 atom stereocenters. The number of para-hydroxylation sites is 2. The molecule has 2 aliphatic heterocycles. The second-order valence-electron chi connectivity index (χ2n) is 9.43. The van der Waals surface area contributed by atoms with Gasteiger partial charge in [0.2, 0.25) is 11.6 Å². The van der Waals surface area contributed by atoms with E-state index in [-0.39, 0.29) is 17.8 Å². The maximum absolute atomic E-state index is 14.4. The molecule has 2 fully saturated rings. The predicted molar refractivity (Wildman–Crippen MR) is 147 cm³/mol. The molecule has 1 aliphatic carbocycles. The van der Waals surface area contributed by atoms with E-state index in [0.29, 0.717) is 60.7 Å². The van der Waals surface area contributed by atoms with Gasteiger partial charge in [-0.3, -0.25) is 9.69 Å². The van der Waals surface area contributed by atoms with Crippen molar-refractivity contribution >= 4 is 40.5 Å². The molecule has 0 saturated carbocycles. The van der Waals surface area contributed by atoms with Gasteiger partial charge in [-0.05, 0) is 55.3 Å². The van der Waals surface area contributed by atoms with E-state index in [9.17, 15) is 4.79 Å². The average molecular weight is 576 g/mol. The minimum atomic E-state index is -1.63. The SMILES string of the molecule is COC1(OC)C=CC(C(=O)N(c2ccccc2Cl)c2ccccc2Cl)=CC1(OC1CCOC1)OC1CCOC1. The number of anilines is 2. The van der Waals surface area contributed by atoms with Crippen molar-refractivity contribution in [2.45, 2.75) is 36.6 Å². The number of benzene rings is 2. The van der Waals surface area contributed by atoms with Gasteiger partial charge in [-0.15, -0.1) is 0 Å². The number of rotatable bonds is 9. The van der Waals surface area contributed by atoms with E-state index in [4.69, 9.17) is 51.6 Å². The van der Waals surface area contributed by atoms with Crippen molar-refractivity contribution in [3.05, 3.63) is 82.4 Å². The van der Waals surface area contributed by atoms with Gasteiger partial charge in [0.25, 0.3) is 5.91 Å². The standard InChI is InChI=1S/C29H31Cl2NO7/c1-34-28(35-2)14-11-20(17-29(28,38-21-12-15-36-18-21)39-22-13-16-37-19-22)27(33)32(25-9-5-3-7-23(25)30)26-10-6-4-8-24(26)31/h3-11,14,17,21-22H,12-13,15-16,18-19H2,1-2H3. The third-order valence-corrected chi connectivity index (χ3v) is 7.66. The number of hydrogen-bond acceptors (Lipinski definition) is 7. The van der Waals surface area contributed by atoms with Crippen LogP contribution in [0.1, 0.15) is 12.8 Å². The fourth-order valence-corrected chi connectivity index (χ4v) is 5.46. The lowest BCUT2D eigenvalue weighted by Crippen LogP contribution is -2.62. The Morgan fingerprint density at radius 3 is 1.79 bits per heavy atom. The van der Waals surface area contributed by atoms with Crippen LogP contribution in [0, 0.1) is 0 Å². The number of methoxy groups -OCH3 is 2. The Hall–Kier alpha value is -2.27. The van der Waals surface area contributed by atoms with E-state index >= 15 is 0 Å². The monoisotopic (exact) mass is 575 g/mol. The lowest BCUT2D eigenvalue weighted by Gasteiger charge is -2.47. The topological polar surface area (TPSA) is 75.7 Å². The minimum absolute atomic E-state index is 0.275. The summed E-state index contributed by atoms with van der Waals surface area (Å²) in [6, 6.07) is 14.2. The highest BCUT2D eigenvalue weighted by Crippen LogP contribution is 2.44. The maximum atomic E-state index is 14.4. The van der Waals surface area contributed by atoms with Gasteiger partial charge in [0.15, 0.2) is 0 Å². The molecular weight excluding hydrogens is 545 g/mol. The van der Waals surface area contributed by atoms with E-state index in [2.05, 4.69) is 0 Å². The first-order valence-electron chi connectivity index (χ1n) is 12.8. The summed E-state index contributed by atoms with van der Waals surface area (Å²) in [5.74, 6) is -3.50. The molecule has 2 saturated heterocycles. The van der Waals surface area contributed by atoms with Crippen molar-refractivity contribution in [2.75, 3.05) is 45.5 Å². The van der Waals surface area contributed by atoms with E-state index in [0.717, 1.165) is 0 Å². The van der Waals surface area contributed by atoms with E-state index in [1.165, 1.54) is 19.1 Å². The van der Waals surface area contributed by atoms with Crippen molar-refractivity contribution < 1.29 is 33.2 Å². The second-order valence-corrected chi connectivity index (χ2v) is 10.2. The van der Waals surface area contributed by atoms with E-state index in [1.54, 1.807) is 66.8 Å². The first-order valence-corrected chi connectivity index (χ1v) is 13.5. The molecule has 0 spiro atoms. The lowest BCUT2D eigenvalue weighted by molar-refractivity contribution is -0.378. The molecule has 0 N–H and O–H groups in total. The van der Waals surface area contributed by atoms with Crippen molar-refractivity contribution in [1.29, 1.82) is 0 Å². The molecule has 2 unspecified atom stereocenters. The van der Waals surface area contributed by atoms with Crippen LogP contribution in [-0.2, 0) is 33.2 Å². The zero-order valence-corrected chi connectivity index (χ0v) is 23.3. The zero-order chi connectivity index (χ0) is 27.5. The average Bonchev–Trinajstić information content (AvgIpc) is 3.65. The van der Waals surface area contributed by atoms with Gasteiger partial charge in [0, 0.05) is 33.0 Å². The Labute approximate surface area is 238 Å². The third-order valence-electron chi connectivity index (χ3n) is 7.02. The second kappa shape index (κ2) is 12.1. The first-order chi connectivity index (χ1) is 18.9. The van der Waals surface area contributed by atoms with Crippen molar-refractivity contribution in [2.24, 2.45) is 0 Å². The highest BCUT2D eigenvalue weighted by atomic mass is 35.5. The Morgan fingerprint density at radius 1 is 0.846 bits per heavy atom. The first kappa shape index (κ1) is 28.3. The van der Waals surface area contributed by atoms with Crippen LogP contribution < -0.4 is 4.90 Å². The molecule has 208 valence electrons. The summed E-state index contributed by atoms with van der Waals surface area (Å²) < 4.78 is 36.2. The van der Waals surface area contributed by atoms with Crippen molar-refractivity contribution in [3.8, 4) is 0 Å². The number of carbonyl (C=O) groups is 1. The summed E-state index contributed by atoms with van der Waals surface area (Å²) in [7, 11) is 3.01. The Kier molecular flexibility index (Phi) is 8.75. The van der Waals surface area contributed by atoms with Crippen LogP contribution in [0.15, 0.2) is 72.3 Å². The molecule has 0 radical (unpaired) electrons. The van der Waals surface area contributed by atoms with Crippen LogP contribution in [0.4, 0.5) is 11.4 Å². The Bertz CT molecular complexity index is 1170. The number of nitrogens with zero attached hydrogens (tertiary/aromatic N) is 1. The molecule has 0 bridgehead atoms. The number of ether oxygens (including phenoxy) is 6. The molecule has 8 nitrogen and oxygen atoms in total. The molecule has 2 aromatic carbocycles. The van der Waals surface area contributed by atoms with Crippen LogP contribution in [0.2, 0.25) is 10.0 Å². The normalized spacial score (nSPS) is 26.0. The van der Waals surface area contributed by atoms with E-state index in [1.807, 2.05) is 0 Å². The maximum Gasteiger partial charge on any atom is 0.262 e. The minimum Gasteiger partial charge on any atom is -0.379 e. The highest BCUT2D eigenvalue weighted by Gasteiger charge is 2.58. The van der Waals surface area contributed by atoms with Gasteiger partial charge >= 0.3 is 0 Å². The molecule has 1 amide bonds. The molecule has 10 heteroatoms. The van der Waals surface area contributed by atoms with Crippen LogP contribution >= 0.6 is 23.2 Å². The Balaban J connectivity index is 1.63. The Morgan fingerprint density at radius 2 is 1.36 bits per heavy atom. The molecule has 5 rings (SSSR count). The summed E-state index contributed by atoms with van der Waals surface area (Å²) in [5.41, 5.74) is 1.22. The van der Waals surface area contributed by atoms with Crippen LogP contribution in [0.5, 0.6) is 0 Å². The summed E-state index contributed by atoms with van der Waals surface area (Å²) in [4.78, 5) is 15.9. The summed E-state index contributed by atoms with van der Waals surface area (Å²) in [6.45, 7) is 1.86. The van der Waals surface area contributed by atoms with Crippen molar-refractivity contribution in [3.63, 3.8) is 0 Å². The van der Waals surface area contributed by atoms with Crippen LogP contribution in [0.3, 0.4) is 0 Å². The molecule has 2 aromatic rings. The largest absolute Gasteiger partial charge is 0.379 e. The smallest absolute Gasteiger partial charge is 0.262 e. The van der Waals surface area contributed by atoms with Crippen LogP contribution in [0.25, 0.3) is 0 Å². The van der Waals surface area contributed by atoms with Gasteiger partial charge < -0.3 is 28.4 Å². The van der Waals surface area contributed by atoms with Gasteiger partial charge in [0.1, 0.15) is 0 Å². The van der Waals surface area contributed by atoms with Crippen LogP contribution in [-0.4, -0.2) is 70.3 Å². The van der Waals surface area contributed by atoms with Crippen molar-refractivity contribution in [1.82, 2.24) is 0 Å². The summed E-state index contributed by atoms with van der Waals surface area (Å²) >= 11 is 13.2. The molecular formula is C29H31Cl2NO7.